The normalized spacial score (nSPS) is 10.2. The summed E-state index contributed by atoms with van der Waals surface area (Å²) in [7, 11) is 0. The van der Waals surface area contributed by atoms with Crippen LogP contribution >= 0.6 is 11.6 Å². The van der Waals surface area contributed by atoms with E-state index in [1.165, 1.54) is 6.07 Å². The number of carbonyl (C=O) groups is 2. The van der Waals surface area contributed by atoms with Crippen molar-refractivity contribution in [1.82, 2.24) is 0 Å². The average molecular weight is 308 g/mol. The average Bonchev–Trinajstić information content (AvgIpc) is 2.88. The number of anilines is 1. The number of ether oxygens (including phenoxy) is 1. The molecule has 0 spiro atoms. The molecule has 1 heterocycles. The first-order chi connectivity index (χ1) is 9.97. The maximum atomic E-state index is 11.8. The summed E-state index contributed by atoms with van der Waals surface area (Å²) in [6.45, 7) is 3.10. The lowest BCUT2D eigenvalue weighted by Gasteiger charge is -2.09. The van der Waals surface area contributed by atoms with Crippen LogP contribution in [-0.4, -0.2) is 18.5 Å². The molecule has 0 aliphatic heterocycles. The van der Waals surface area contributed by atoms with Crippen molar-refractivity contribution < 1.29 is 18.7 Å². The molecule has 0 radical (unpaired) electrons. The third kappa shape index (κ3) is 3.86. The van der Waals surface area contributed by atoms with E-state index in [1.54, 1.807) is 38.1 Å². The second-order valence-corrected chi connectivity index (χ2v) is 4.85. The zero-order valence-corrected chi connectivity index (χ0v) is 12.4. The van der Waals surface area contributed by atoms with E-state index in [0.29, 0.717) is 16.5 Å². The molecule has 0 saturated carbocycles. The molecule has 2 aromatic rings. The highest BCUT2D eigenvalue weighted by atomic mass is 35.5. The van der Waals surface area contributed by atoms with E-state index in [0.717, 1.165) is 5.56 Å². The smallest absolute Gasteiger partial charge is 0.374 e. The Morgan fingerprint density at radius 3 is 2.67 bits per heavy atom. The molecular weight excluding hydrogens is 294 g/mol. The minimum absolute atomic E-state index is 0.0687. The lowest BCUT2D eigenvalue weighted by atomic mass is 10.2. The molecule has 0 saturated heterocycles. The number of hydrogen-bond donors (Lipinski definition) is 1. The van der Waals surface area contributed by atoms with Gasteiger partial charge in [0.15, 0.2) is 6.61 Å². The van der Waals surface area contributed by atoms with Gasteiger partial charge in [-0.1, -0.05) is 17.7 Å². The predicted molar refractivity (Wildman–Crippen MR) is 78.5 cm³/mol. The number of aryl methyl sites for hydroxylation is 1. The molecule has 0 unspecified atom stereocenters. The summed E-state index contributed by atoms with van der Waals surface area (Å²) >= 11 is 5.96. The van der Waals surface area contributed by atoms with Crippen molar-refractivity contribution in [1.29, 1.82) is 0 Å². The van der Waals surface area contributed by atoms with Crippen molar-refractivity contribution in [2.75, 3.05) is 11.9 Å². The summed E-state index contributed by atoms with van der Waals surface area (Å²) in [5, 5.41) is 3.18. The molecule has 1 amide bonds. The van der Waals surface area contributed by atoms with E-state index in [-0.39, 0.29) is 5.76 Å². The van der Waals surface area contributed by atoms with Gasteiger partial charge in [-0.25, -0.2) is 4.79 Å². The fourth-order valence-electron chi connectivity index (χ4n) is 1.68. The highest BCUT2D eigenvalue weighted by Crippen LogP contribution is 2.22. The van der Waals surface area contributed by atoms with Gasteiger partial charge >= 0.3 is 5.97 Å². The van der Waals surface area contributed by atoms with Crippen LogP contribution in [0.1, 0.15) is 21.9 Å². The molecule has 0 bridgehead atoms. The number of benzene rings is 1. The van der Waals surface area contributed by atoms with Gasteiger partial charge in [0.25, 0.3) is 5.91 Å². The van der Waals surface area contributed by atoms with E-state index in [1.807, 2.05) is 0 Å². The number of furan rings is 1. The van der Waals surface area contributed by atoms with E-state index in [4.69, 9.17) is 20.8 Å². The van der Waals surface area contributed by atoms with Crippen LogP contribution in [0.15, 0.2) is 34.7 Å². The maximum Gasteiger partial charge on any atom is 0.374 e. The first-order valence-electron chi connectivity index (χ1n) is 6.26. The van der Waals surface area contributed by atoms with Crippen LogP contribution in [0.5, 0.6) is 0 Å². The van der Waals surface area contributed by atoms with Crippen LogP contribution in [0.3, 0.4) is 0 Å². The first-order valence-corrected chi connectivity index (χ1v) is 6.63. The summed E-state index contributed by atoms with van der Waals surface area (Å²) in [4.78, 5) is 23.4. The van der Waals surface area contributed by atoms with Crippen molar-refractivity contribution in [2.45, 2.75) is 13.8 Å². The van der Waals surface area contributed by atoms with E-state index >= 15 is 0 Å². The van der Waals surface area contributed by atoms with Gasteiger partial charge < -0.3 is 14.5 Å². The molecule has 110 valence electrons. The zero-order chi connectivity index (χ0) is 15.4. The lowest BCUT2D eigenvalue weighted by Crippen LogP contribution is -2.21. The fourth-order valence-corrected chi connectivity index (χ4v) is 1.85. The number of halogens is 1. The Bertz CT molecular complexity index is 678. The van der Waals surface area contributed by atoms with Gasteiger partial charge in [0.1, 0.15) is 5.76 Å². The van der Waals surface area contributed by atoms with Gasteiger partial charge in [0.2, 0.25) is 5.76 Å². The number of esters is 1. The van der Waals surface area contributed by atoms with E-state index < -0.39 is 18.5 Å². The summed E-state index contributed by atoms with van der Waals surface area (Å²) in [6.07, 6.45) is 0. The standard InChI is InChI=1S/C15H14ClNO4/c1-9-6-7-13(21-9)15(19)20-8-14(18)17-12-5-3-4-11(16)10(12)2/h3-7H,8H2,1-2H3,(H,17,18). The Labute approximate surface area is 126 Å². The van der Waals surface area contributed by atoms with Crippen molar-refractivity contribution in [3.05, 3.63) is 52.4 Å². The summed E-state index contributed by atoms with van der Waals surface area (Å²) in [5.74, 6) is -0.460. The Kier molecular flexibility index (Phi) is 4.65. The second kappa shape index (κ2) is 6.45. The van der Waals surface area contributed by atoms with Gasteiger partial charge in [-0.3, -0.25) is 4.79 Å². The van der Waals surface area contributed by atoms with E-state index in [9.17, 15) is 9.59 Å². The van der Waals surface area contributed by atoms with Crippen LogP contribution in [-0.2, 0) is 9.53 Å². The van der Waals surface area contributed by atoms with E-state index in [2.05, 4.69) is 5.32 Å². The van der Waals surface area contributed by atoms with Crippen LogP contribution in [0.25, 0.3) is 0 Å². The molecule has 1 aromatic heterocycles. The second-order valence-electron chi connectivity index (χ2n) is 4.45. The van der Waals surface area contributed by atoms with Crippen molar-refractivity contribution in [3.63, 3.8) is 0 Å². The third-order valence-electron chi connectivity index (χ3n) is 2.82. The van der Waals surface area contributed by atoms with Crippen LogP contribution in [0.2, 0.25) is 5.02 Å². The lowest BCUT2D eigenvalue weighted by molar-refractivity contribution is -0.119. The number of hydrogen-bond acceptors (Lipinski definition) is 4. The summed E-state index contributed by atoms with van der Waals surface area (Å²) in [6, 6.07) is 8.31. The molecule has 2 rings (SSSR count). The van der Waals surface area contributed by atoms with Crippen molar-refractivity contribution in [3.8, 4) is 0 Å². The zero-order valence-electron chi connectivity index (χ0n) is 11.6. The monoisotopic (exact) mass is 307 g/mol. The SMILES string of the molecule is Cc1ccc(C(=O)OCC(=O)Nc2cccc(Cl)c2C)o1. The van der Waals surface area contributed by atoms with Gasteiger partial charge in [-0.05, 0) is 43.7 Å². The largest absolute Gasteiger partial charge is 0.454 e. The summed E-state index contributed by atoms with van der Waals surface area (Å²) in [5.41, 5.74) is 1.33. The first kappa shape index (κ1) is 15.1. The molecule has 0 atom stereocenters. The van der Waals surface area contributed by atoms with Crippen LogP contribution < -0.4 is 5.32 Å². The molecule has 5 nitrogen and oxygen atoms in total. The minimum atomic E-state index is -0.680. The van der Waals surface area contributed by atoms with Crippen molar-refractivity contribution in [2.24, 2.45) is 0 Å². The molecule has 0 aliphatic carbocycles. The highest BCUT2D eigenvalue weighted by Gasteiger charge is 2.14. The molecule has 1 aromatic carbocycles. The van der Waals surface area contributed by atoms with Gasteiger partial charge in [-0.15, -0.1) is 0 Å². The molecule has 1 N–H and O–H groups in total. The highest BCUT2D eigenvalue weighted by molar-refractivity contribution is 6.31. The Morgan fingerprint density at radius 2 is 2.00 bits per heavy atom. The molecular formula is C15H14ClNO4. The quantitative estimate of drug-likeness (QED) is 0.880. The van der Waals surface area contributed by atoms with Crippen LogP contribution in [0, 0.1) is 13.8 Å². The van der Waals surface area contributed by atoms with Crippen molar-refractivity contribution >= 4 is 29.2 Å². The minimum Gasteiger partial charge on any atom is -0.454 e. The number of carbonyl (C=O) groups excluding carboxylic acids is 2. The molecule has 21 heavy (non-hydrogen) atoms. The molecule has 0 aliphatic rings. The molecule has 6 heteroatoms. The number of nitrogens with one attached hydrogen (secondary N) is 1. The predicted octanol–water partition coefficient (Wildman–Crippen LogP) is 3.35. The van der Waals surface area contributed by atoms with Gasteiger partial charge in [-0.2, -0.15) is 0 Å². The Morgan fingerprint density at radius 1 is 1.24 bits per heavy atom. The summed E-state index contributed by atoms with van der Waals surface area (Å²) < 4.78 is 9.97. The Hall–Kier alpha value is -2.27. The Balaban J connectivity index is 1.90. The topological polar surface area (TPSA) is 68.5 Å². The maximum absolute atomic E-state index is 11.8. The van der Waals surface area contributed by atoms with Gasteiger partial charge in [0.05, 0.1) is 0 Å². The molecule has 0 fully saturated rings. The van der Waals surface area contributed by atoms with Gasteiger partial charge in [0, 0.05) is 10.7 Å². The third-order valence-corrected chi connectivity index (χ3v) is 3.23. The fraction of sp³-hybridized carbons (Fsp3) is 0.200. The number of amides is 1. The number of rotatable bonds is 4. The van der Waals surface area contributed by atoms with Crippen LogP contribution in [0.4, 0.5) is 5.69 Å².